The molecule has 0 radical (unpaired) electrons. The Morgan fingerprint density at radius 3 is 2.69 bits per heavy atom. The first-order valence-corrected chi connectivity index (χ1v) is 13.7. The maximum Gasteiger partial charge on any atom is 0.240 e. The number of aromatic nitrogens is 3. The third kappa shape index (κ3) is 6.26. The van der Waals surface area contributed by atoms with Gasteiger partial charge in [0.15, 0.2) is 11.0 Å². The van der Waals surface area contributed by atoms with E-state index in [1.807, 2.05) is 38.1 Å². The van der Waals surface area contributed by atoms with E-state index in [4.69, 9.17) is 9.63 Å². The van der Waals surface area contributed by atoms with Gasteiger partial charge in [-0.3, -0.25) is 0 Å². The number of hydrogen-bond acceptors (Lipinski definition) is 10. The first-order valence-electron chi connectivity index (χ1n) is 11.4. The van der Waals surface area contributed by atoms with E-state index in [0.29, 0.717) is 35.6 Å². The fraction of sp³-hybridized carbons (Fsp3) is 0.292. The van der Waals surface area contributed by atoms with Crippen molar-refractivity contribution >= 4 is 36.7 Å². The van der Waals surface area contributed by atoms with Crippen molar-refractivity contribution in [3.8, 4) is 11.1 Å². The van der Waals surface area contributed by atoms with Crippen LogP contribution in [0, 0.1) is 0 Å². The molecule has 0 spiro atoms. The van der Waals surface area contributed by atoms with E-state index in [1.54, 1.807) is 12.1 Å². The van der Waals surface area contributed by atoms with Gasteiger partial charge in [-0.25, -0.2) is 18.1 Å². The Bertz CT molecular complexity index is 1460. The Kier molecular flexibility index (Phi) is 7.99. The molecular formula is C24H28N6O4S2. The first kappa shape index (κ1) is 25.8. The van der Waals surface area contributed by atoms with Crippen LogP contribution in [0.1, 0.15) is 31.5 Å². The molecule has 0 unspecified atom stereocenters. The van der Waals surface area contributed by atoms with Crippen molar-refractivity contribution < 1.29 is 18.0 Å². The van der Waals surface area contributed by atoms with Gasteiger partial charge >= 0.3 is 0 Å². The van der Waals surface area contributed by atoms with E-state index in [-0.39, 0.29) is 24.0 Å². The SMILES string of the molecule is C=C(NCCc1nc(C(C)C)no1)Nc1nc2ccc(-c3cccc(S(=O)(=O)NCCO)c3)cc2s1. The van der Waals surface area contributed by atoms with Crippen molar-refractivity contribution in [2.45, 2.75) is 31.1 Å². The van der Waals surface area contributed by atoms with Gasteiger partial charge in [-0.15, -0.1) is 0 Å². The van der Waals surface area contributed by atoms with Crippen LogP contribution in [0.3, 0.4) is 0 Å². The molecule has 0 saturated carbocycles. The Balaban J connectivity index is 1.40. The number of nitrogens with zero attached hydrogens (tertiary/aromatic N) is 3. The zero-order valence-electron chi connectivity index (χ0n) is 20.0. The van der Waals surface area contributed by atoms with Crippen molar-refractivity contribution in [1.82, 2.24) is 25.2 Å². The van der Waals surface area contributed by atoms with Gasteiger partial charge < -0.3 is 20.3 Å². The summed E-state index contributed by atoms with van der Waals surface area (Å²) < 4.78 is 33.4. The summed E-state index contributed by atoms with van der Waals surface area (Å²) in [5.74, 6) is 2.10. The monoisotopic (exact) mass is 528 g/mol. The van der Waals surface area contributed by atoms with Gasteiger partial charge in [0, 0.05) is 25.4 Å². The standard InChI is InChI=1S/C24H28N6O4S2/c1-15(2)23-29-22(34-30-23)9-10-25-16(3)27-24-28-20-8-7-18(14-21(20)35-24)17-5-4-6-19(13-17)36(32,33)26-11-12-31/h4-8,13-15,25-26,31H,3,9-12H2,1-2H3,(H,27,28). The predicted molar refractivity (Wildman–Crippen MR) is 140 cm³/mol. The molecule has 0 atom stereocenters. The Morgan fingerprint density at radius 1 is 1.14 bits per heavy atom. The summed E-state index contributed by atoms with van der Waals surface area (Å²) in [6, 6.07) is 12.5. The van der Waals surface area contributed by atoms with Crippen LogP contribution in [0.2, 0.25) is 0 Å². The van der Waals surface area contributed by atoms with Crippen LogP contribution in [0.5, 0.6) is 0 Å². The van der Waals surface area contributed by atoms with Crippen molar-refractivity contribution in [2.24, 2.45) is 0 Å². The van der Waals surface area contributed by atoms with Gasteiger partial charge in [0.25, 0.3) is 0 Å². The van der Waals surface area contributed by atoms with Crippen LogP contribution in [0.4, 0.5) is 5.13 Å². The highest BCUT2D eigenvalue weighted by atomic mass is 32.2. The second-order valence-electron chi connectivity index (χ2n) is 8.33. The van der Waals surface area contributed by atoms with Crippen LogP contribution < -0.4 is 15.4 Å². The van der Waals surface area contributed by atoms with Gasteiger partial charge in [-0.1, -0.05) is 55.1 Å². The summed E-state index contributed by atoms with van der Waals surface area (Å²) in [4.78, 5) is 9.10. The quantitative estimate of drug-likeness (QED) is 0.217. The fourth-order valence-electron chi connectivity index (χ4n) is 3.36. The van der Waals surface area contributed by atoms with Crippen LogP contribution in [-0.4, -0.2) is 48.3 Å². The van der Waals surface area contributed by atoms with Crippen molar-refractivity contribution in [2.75, 3.05) is 25.0 Å². The first-order chi connectivity index (χ1) is 17.2. The summed E-state index contributed by atoms with van der Waals surface area (Å²) in [6.45, 7) is 8.30. The van der Waals surface area contributed by atoms with E-state index >= 15 is 0 Å². The largest absolute Gasteiger partial charge is 0.395 e. The van der Waals surface area contributed by atoms with E-state index in [1.165, 1.54) is 17.4 Å². The average Bonchev–Trinajstić information content (AvgIpc) is 3.49. The molecule has 0 bridgehead atoms. The third-order valence-electron chi connectivity index (χ3n) is 5.21. The summed E-state index contributed by atoms with van der Waals surface area (Å²) in [5.41, 5.74) is 2.45. The van der Waals surface area contributed by atoms with Gasteiger partial charge in [-0.05, 0) is 35.4 Å². The Labute approximate surface area is 213 Å². The van der Waals surface area contributed by atoms with Crippen molar-refractivity contribution in [3.63, 3.8) is 0 Å². The normalized spacial score (nSPS) is 11.8. The second kappa shape index (κ2) is 11.2. The molecule has 0 fully saturated rings. The minimum Gasteiger partial charge on any atom is -0.395 e. The molecule has 10 nitrogen and oxygen atoms in total. The van der Waals surface area contributed by atoms with Crippen LogP contribution in [0.25, 0.3) is 21.3 Å². The molecular weight excluding hydrogens is 500 g/mol. The summed E-state index contributed by atoms with van der Waals surface area (Å²) >= 11 is 1.47. The highest BCUT2D eigenvalue weighted by Crippen LogP contribution is 2.31. The summed E-state index contributed by atoms with van der Waals surface area (Å²) in [5, 5.41) is 19.9. The predicted octanol–water partition coefficient (Wildman–Crippen LogP) is 3.46. The molecule has 190 valence electrons. The lowest BCUT2D eigenvalue weighted by Crippen LogP contribution is -2.26. The van der Waals surface area contributed by atoms with Gasteiger partial charge in [0.2, 0.25) is 15.9 Å². The molecule has 0 aliphatic rings. The molecule has 0 saturated heterocycles. The Morgan fingerprint density at radius 2 is 1.94 bits per heavy atom. The average molecular weight is 529 g/mol. The number of rotatable bonds is 12. The second-order valence-corrected chi connectivity index (χ2v) is 11.1. The molecule has 0 amide bonds. The number of aliphatic hydroxyl groups is 1. The molecule has 0 aliphatic carbocycles. The molecule has 4 N–H and O–H groups in total. The van der Waals surface area contributed by atoms with E-state index in [2.05, 4.69) is 37.1 Å². The van der Waals surface area contributed by atoms with Crippen LogP contribution in [-0.2, 0) is 16.4 Å². The van der Waals surface area contributed by atoms with Crippen LogP contribution >= 0.6 is 11.3 Å². The number of hydrogen-bond donors (Lipinski definition) is 4. The molecule has 2 heterocycles. The maximum atomic E-state index is 12.4. The van der Waals surface area contributed by atoms with Crippen molar-refractivity contribution in [3.05, 3.63) is 66.6 Å². The van der Waals surface area contributed by atoms with Gasteiger partial charge in [0.1, 0.15) is 0 Å². The van der Waals surface area contributed by atoms with Gasteiger partial charge in [0.05, 0.1) is 27.5 Å². The number of nitrogens with one attached hydrogen (secondary N) is 3. The lowest BCUT2D eigenvalue weighted by molar-refractivity contribution is 0.301. The lowest BCUT2D eigenvalue weighted by atomic mass is 10.1. The number of benzene rings is 2. The van der Waals surface area contributed by atoms with Gasteiger partial charge in [-0.2, -0.15) is 4.98 Å². The number of fused-ring (bicyclic) bond motifs is 1. The van der Waals surface area contributed by atoms with E-state index in [9.17, 15) is 8.42 Å². The minimum absolute atomic E-state index is 0.0364. The van der Waals surface area contributed by atoms with Crippen LogP contribution in [0.15, 0.2) is 64.3 Å². The number of aliphatic hydroxyl groups excluding tert-OH is 1. The zero-order chi connectivity index (χ0) is 25.7. The van der Waals surface area contributed by atoms with E-state index in [0.717, 1.165) is 21.3 Å². The molecule has 36 heavy (non-hydrogen) atoms. The highest BCUT2D eigenvalue weighted by molar-refractivity contribution is 7.89. The molecule has 4 aromatic rings. The maximum absolute atomic E-state index is 12.4. The van der Waals surface area contributed by atoms with E-state index < -0.39 is 10.0 Å². The molecule has 0 aliphatic heterocycles. The molecule has 2 aromatic heterocycles. The fourth-order valence-corrected chi connectivity index (χ4v) is 5.36. The number of sulfonamides is 1. The minimum atomic E-state index is -3.69. The smallest absolute Gasteiger partial charge is 0.240 e. The topological polar surface area (TPSA) is 142 Å². The molecule has 2 aromatic carbocycles. The Hall–Kier alpha value is -3.32. The summed E-state index contributed by atoms with van der Waals surface area (Å²) in [6.07, 6.45) is 0.577. The lowest BCUT2D eigenvalue weighted by Gasteiger charge is -2.08. The molecule has 4 rings (SSSR count). The summed E-state index contributed by atoms with van der Waals surface area (Å²) in [7, 11) is -3.69. The van der Waals surface area contributed by atoms with Crippen molar-refractivity contribution in [1.29, 1.82) is 0 Å². The molecule has 12 heteroatoms. The number of thiazole rings is 1. The highest BCUT2D eigenvalue weighted by Gasteiger charge is 2.15. The third-order valence-corrected chi connectivity index (χ3v) is 7.60. The number of anilines is 1. The zero-order valence-corrected chi connectivity index (χ0v) is 21.6.